The Balaban J connectivity index is 1.24. The van der Waals surface area contributed by atoms with Crippen molar-refractivity contribution in [2.24, 2.45) is 17.8 Å². The minimum atomic E-state index is -4.63. The van der Waals surface area contributed by atoms with E-state index in [2.05, 4.69) is 19.6 Å². The number of alkyl halides is 3. The normalized spacial score (nSPS) is 25.8. The molecule has 0 radical (unpaired) electrons. The number of rotatable bonds is 6. The fourth-order valence-corrected chi connectivity index (χ4v) is 4.14. The zero-order valence-electron chi connectivity index (χ0n) is 13.7. The van der Waals surface area contributed by atoms with Gasteiger partial charge in [0.25, 0.3) is 0 Å². The second-order valence-electron chi connectivity index (χ2n) is 7.00. The largest absolute Gasteiger partial charge is 0.573 e. The molecule has 2 atom stereocenters. The molecule has 1 aliphatic heterocycles. The Morgan fingerprint density at radius 1 is 1.24 bits per heavy atom. The third kappa shape index (κ3) is 3.98. The highest BCUT2D eigenvalue weighted by molar-refractivity contribution is 5.29. The number of fused-ring (bicyclic) bond motifs is 1. The summed E-state index contributed by atoms with van der Waals surface area (Å²) in [4.78, 5) is 9.61. The molecule has 1 saturated carbocycles. The standard InChI is InChI=1S/C18H20F3N3O/c19-18(20,21)25-14-3-1-2-12(6-14)4-5-15-16-9-24(10-17(15)16)8-13-7-22-11-23-13/h1-3,6-7,11,15-17H,4-5,8-10H2,(H,22,23). The Morgan fingerprint density at radius 3 is 2.72 bits per heavy atom. The van der Waals surface area contributed by atoms with E-state index in [-0.39, 0.29) is 5.75 Å². The zero-order valence-corrected chi connectivity index (χ0v) is 13.7. The lowest BCUT2D eigenvalue weighted by Crippen LogP contribution is -2.24. The molecule has 0 spiro atoms. The van der Waals surface area contributed by atoms with Gasteiger partial charge in [-0.3, -0.25) is 4.90 Å². The van der Waals surface area contributed by atoms with Gasteiger partial charge >= 0.3 is 6.36 Å². The van der Waals surface area contributed by atoms with Crippen molar-refractivity contribution in [3.05, 3.63) is 48.0 Å². The van der Waals surface area contributed by atoms with Gasteiger partial charge < -0.3 is 9.72 Å². The first-order chi connectivity index (χ1) is 12.0. The van der Waals surface area contributed by atoms with Gasteiger partial charge in [0.05, 0.1) is 6.33 Å². The van der Waals surface area contributed by atoms with E-state index in [1.54, 1.807) is 12.4 Å². The number of aromatic nitrogens is 2. The summed E-state index contributed by atoms with van der Waals surface area (Å²) in [6, 6.07) is 6.33. The van der Waals surface area contributed by atoms with Crippen molar-refractivity contribution in [1.29, 1.82) is 0 Å². The van der Waals surface area contributed by atoms with Crippen molar-refractivity contribution < 1.29 is 17.9 Å². The number of ether oxygens (including phenoxy) is 1. The van der Waals surface area contributed by atoms with Crippen LogP contribution in [0.1, 0.15) is 17.7 Å². The highest BCUT2D eigenvalue weighted by Crippen LogP contribution is 2.54. The van der Waals surface area contributed by atoms with Crippen LogP contribution in [0.25, 0.3) is 0 Å². The molecule has 1 saturated heterocycles. The Kier molecular flexibility index (Phi) is 4.19. The van der Waals surface area contributed by atoms with E-state index in [9.17, 15) is 13.2 Å². The lowest BCUT2D eigenvalue weighted by atomic mass is 10.0. The Hall–Kier alpha value is -2.02. The number of aromatic amines is 1. The van der Waals surface area contributed by atoms with Gasteiger partial charge in [-0.15, -0.1) is 13.2 Å². The van der Waals surface area contributed by atoms with Crippen LogP contribution in [0.3, 0.4) is 0 Å². The third-order valence-electron chi connectivity index (χ3n) is 5.29. The number of piperidine rings is 1. The van der Waals surface area contributed by atoms with Crippen LogP contribution in [0.15, 0.2) is 36.8 Å². The summed E-state index contributed by atoms with van der Waals surface area (Å²) in [5.41, 5.74) is 2.04. The third-order valence-corrected chi connectivity index (χ3v) is 5.29. The van der Waals surface area contributed by atoms with E-state index in [0.29, 0.717) is 5.92 Å². The molecule has 4 nitrogen and oxygen atoms in total. The van der Waals surface area contributed by atoms with Crippen molar-refractivity contribution in [2.75, 3.05) is 13.1 Å². The van der Waals surface area contributed by atoms with Gasteiger partial charge in [-0.2, -0.15) is 0 Å². The second-order valence-corrected chi connectivity index (χ2v) is 7.00. The number of likely N-dealkylation sites (tertiary alicyclic amines) is 1. The van der Waals surface area contributed by atoms with Crippen LogP contribution in [0.4, 0.5) is 13.2 Å². The van der Waals surface area contributed by atoms with E-state index in [1.807, 2.05) is 12.3 Å². The fourth-order valence-electron chi connectivity index (χ4n) is 4.14. The molecule has 1 N–H and O–H groups in total. The van der Waals surface area contributed by atoms with Gasteiger partial charge in [0.15, 0.2) is 0 Å². The molecule has 2 fully saturated rings. The average Bonchev–Trinajstić information content (AvgIpc) is 2.94. The molecule has 2 heterocycles. The maximum Gasteiger partial charge on any atom is 0.573 e. The molecule has 25 heavy (non-hydrogen) atoms. The van der Waals surface area contributed by atoms with E-state index < -0.39 is 6.36 Å². The van der Waals surface area contributed by atoms with E-state index in [1.165, 1.54) is 12.1 Å². The molecule has 1 aromatic carbocycles. The van der Waals surface area contributed by atoms with Gasteiger partial charge in [0.2, 0.25) is 0 Å². The van der Waals surface area contributed by atoms with Crippen LogP contribution in [-0.2, 0) is 13.0 Å². The Bertz CT molecular complexity index is 705. The number of H-pyrrole nitrogens is 1. The molecule has 0 bridgehead atoms. The van der Waals surface area contributed by atoms with Gasteiger partial charge in [-0.1, -0.05) is 12.1 Å². The molecule has 7 heteroatoms. The van der Waals surface area contributed by atoms with E-state index in [4.69, 9.17) is 0 Å². The van der Waals surface area contributed by atoms with Gasteiger partial charge in [-0.05, 0) is 48.3 Å². The number of nitrogens with one attached hydrogen (secondary N) is 1. The first-order valence-corrected chi connectivity index (χ1v) is 8.52. The van der Waals surface area contributed by atoms with Crippen molar-refractivity contribution in [2.45, 2.75) is 25.7 Å². The molecular formula is C18H20F3N3O. The maximum absolute atomic E-state index is 12.3. The second kappa shape index (κ2) is 6.37. The number of imidazole rings is 1. The molecule has 4 rings (SSSR count). The van der Waals surface area contributed by atoms with Gasteiger partial charge in [0, 0.05) is 31.5 Å². The topological polar surface area (TPSA) is 41.1 Å². The van der Waals surface area contributed by atoms with Gasteiger partial charge in [0.1, 0.15) is 5.75 Å². The summed E-state index contributed by atoms with van der Waals surface area (Å²) in [5.74, 6) is 2.03. The molecule has 1 aliphatic carbocycles. The van der Waals surface area contributed by atoms with Crippen LogP contribution in [0.5, 0.6) is 5.75 Å². The van der Waals surface area contributed by atoms with Gasteiger partial charge in [-0.25, -0.2) is 4.98 Å². The number of halogens is 3. The number of hydrogen-bond donors (Lipinski definition) is 1. The van der Waals surface area contributed by atoms with Crippen LogP contribution in [0, 0.1) is 17.8 Å². The average molecular weight is 351 g/mol. The molecular weight excluding hydrogens is 331 g/mol. The lowest BCUT2D eigenvalue weighted by molar-refractivity contribution is -0.274. The highest BCUT2D eigenvalue weighted by Gasteiger charge is 2.54. The minimum absolute atomic E-state index is 0.133. The maximum atomic E-state index is 12.3. The minimum Gasteiger partial charge on any atom is -0.406 e. The summed E-state index contributed by atoms with van der Waals surface area (Å²) in [7, 11) is 0. The highest BCUT2D eigenvalue weighted by atomic mass is 19.4. The number of nitrogens with zero attached hydrogens (tertiary/aromatic N) is 2. The van der Waals surface area contributed by atoms with E-state index >= 15 is 0 Å². The number of aryl methyl sites for hydroxylation is 1. The fraction of sp³-hybridized carbons (Fsp3) is 0.500. The zero-order chi connectivity index (χ0) is 17.4. The van der Waals surface area contributed by atoms with E-state index in [0.717, 1.165) is 55.6 Å². The summed E-state index contributed by atoms with van der Waals surface area (Å²) in [6.07, 6.45) is 0.753. The SMILES string of the molecule is FC(F)(F)Oc1cccc(CCC2C3CN(Cc4cnc[nH]4)CC23)c1. The molecule has 1 aromatic heterocycles. The molecule has 2 aliphatic rings. The number of hydrogen-bond acceptors (Lipinski definition) is 3. The lowest BCUT2D eigenvalue weighted by Gasteiger charge is -2.18. The summed E-state index contributed by atoms with van der Waals surface area (Å²) < 4.78 is 40.9. The summed E-state index contributed by atoms with van der Waals surface area (Å²) in [5, 5.41) is 0. The summed E-state index contributed by atoms with van der Waals surface area (Å²) >= 11 is 0. The van der Waals surface area contributed by atoms with Crippen LogP contribution in [-0.4, -0.2) is 34.3 Å². The summed E-state index contributed by atoms with van der Waals surface area (Å²) in [6.45, 7) is 3.12. The Labute approximate surface area is 144 Å². The smallest absolute Gasteiger partial charge is 0.406 e. The van der Waals surface area contributed by atoms with Crippen LogP contribution >= 0.6 is 0 Å². The quantitative estimate of drug-likeness (QED) is 0.864. The van der Waals surface area contributed by atoms with Crippen molar-refractivity contribution in [3.63, 3.8) is 0 Å². The van der Waals surface area contributed by atoms with Crippen molar-refractivity contribution >= 4 is 0 Å². The monoisotopic (exact) mass is 351 g/mol. The Morgan fingerprint density at radius 2 is 2.04 bits per heavy atom. The molecule has 134 valence electrons. The van der Waals surface area contributed by atoms with Crippen molar-refractivity contribution in [1.82, 2.24) is 14.9 Å². The first-order valence-electron chi connectivity index (χ1n) is 8.52. The van der Waals surface area contributed by atoms with Crippen molar-refractivity contribution in [3.8, 4) is 5.75 Å². The first kappa shape index (κ1) is 16.4. The van der Waals surface area contributed by atoms with Crippen LogP contribution < -0.4 is 4.74 Å². The molecule has 2 unspecified atom stereocenters. The van der Waals surface area contributed by atoms with Crippen LogP contribution in [0.2, 0.25) is 0 Å². The molecule has 0 amide bonds. The number of benzene rings is 1. The predicted octanol–water partition coefficient (Wildman–Crippen LogP) is 3.62. The predicted molar refractivity (Wildman–Crippen MR) is 85.8 cm³/mol. The molecule has 2 aromatic rings.